The number of nitrogens with one attached hydrogen (secondary N) is 1. The molecule has 1 aliphatic heterocycles. The molecule has 2 heterocycles. The first kappa shape index (κ1) is 26.2. The molecule has 0 unspecified atom stereocenters. The van der Waals surface area contributed by atoms with E-state index in [9.17, 15) is 0 Å². The van der Waals surface area contributed by atoms with Crippen LogP contribution in [0.25, 0.3) is 11.1 Å². The van der Waals surface area contributed by atoms with Crippen LogP contribution in [-0.4, -0.2) is 59.5 Å². The van der Waals surface area contributed by atoms with Crippen LogP contribution in [0.5, 0.6) is 0 Å². The molecule has 1 aromatic heterocycles. The van der Waals surface area contributed by atoms with Crippen molar-refractivity contribution < 1.29 is 4.74 Å². The summed E-state index contributed by atoms with van der Waals surface area (Å²) in [4.78, 5) is 10.8. The standard InChI is InChI=1S/C26H34N6O.HI/c1-27-26(31(2)14-11-21-12-15-33-16-13-21)29-17-24-5-3-4-6-25(24)23-9-7-22(8-10-23)18-32-20-28-19-30-32;/h3-10,19-21H,11-18H2,1-2H3,(H,27,29);1H. The van der Waals surface area contributed by atoms with Crippen LogP contribution in [-0.2, 0) is 17.8 Å². The van der Waals surface area contributed by atoms with Crippen molar-refractivity contribution in [1.29, 1.82) is 0 Å². The largest absolute Gasteiger partial charge is 0.381 e. The highest BCUT2D eigenvalue weighted by molar-refractivity contribution is 14.0. The molecule has 1 saturated heterocycles. The molecule has 182 valence electrons. The minimum Gasteiger partial charge on any atom is -0.381 e. The third-order valence-electron chi connectivity index (χ3n) is 6.32. The van der Waals surface area contributed by atoms with Gasteiger partial charge < -0.3 is 15.0 Å². The number of halogens is 1. The lowest BCUT2D eigenvalue weighted by molar-refractivity contribution is 0.0625. The van der Waals surface area contributed by atoms with Crippen LogP contribution in [0, 0.1) is 5.92 Å². The number of aromatic nitrogens is 3. The van der Waals surface area contributed by atoms with Gasteiger partial charge in [0.15, 0.2) is 5.96 Å². The molecule has 0 saturated carbocycles. The molecule has 4 rings (SSSR count). The Labute approximate surface area is 219 Å². The first-order valence-electron chi connectivity index (χ1n) is 11.7. The van der Waals surface area contributed by atoms with E-state index in [1.54, 1.807) is 12.7 Å². The van der Waals surface area contributed by atoms with Crippen molar-refractivity contribution in [2.24, 2.45) is 10.9 Å². The van der Waals surface area contributed by atoms with Crippen molar-refractivity contribution in [3.8, 4) is 11.1 Å². The van der Waals surface area contributed by atoms with Crippen LogP contribution >= 0.6 is 24.0 Å². The minimum absolute atomic E-state index is 0. The Kier molecular flexibility index (Phi) is 10.3. The van der Waals surface area contributed by atoms with Crippen LogP contribution in [0.2, 0.25) is 0 Å². The lowest BCUT2D eigenvalue weighted by Gasteiger charge is -2.27. The molecular weight excluding hydrogens is 539 g/mol. The Balaban J connectivity index is 0.00000324. The van der Waals surface area contributed by atoms with Gasteiger partial charge in [-0.15, -0.1) is 24.0 Å². The zero-order chi connectivity index (χ0) is 22.9. The Morgan fingerprint density at radius 3 is 2.62 bits per heavy atom. The van der Waals surface area contributed by atoms with Gasteiger partial charge in [0.25, 0.3) is 0 Å². The summed E-state index contributed by atoms with van der Waals surface area (Å²) in [6.45, 7) is 4.25. The van der Waals surface area contributed by atoms with E-state index in [4.69, 9.17) is 4.74 Å². The van der Waals surface area contributed by atoms with Gasteiger partial charge in [0.1, 0.15) is 12.7 Å². The minimum atomic E-state index is 0. The number of aliphatic imine (C=N–C) groups is 1. The first-order chi connectivity index (χ1) is 16.2. The van der Waals surface area contributed by atoms with Gasteiger partial charge in [0.05, 0.1) is 6.54 Å². The van der Waals surface area contributed by atoms with E-state index in [0.717, 1.165) is 44.7 Å². The van der Waals surface area contributed by atoms with Crippen LogP contribution in [0.15, 0.2) is 66.2 Å². The van der Waals surface area contributed by atoms with Gasteiger partial charge in [0, 0.05) is 40.4 Å². The van der Waals surface area contributed by atoms with Gasteiger partial charge >= 0.3 is 0 Å². The maximum atomic E-state index is 5.48. The summed E-state index contributed by atoms with van der Waals surface area (Å²) in [6, 6.07) is 17.2. The van der Waals surface area contributed by atoms with Gasteiger partial charge in [-0.3, -0.25) is 4.99 Å². The van der Waals surface area contributed by atoms with Gasteiger partial charge in [-0.25, -0.2) is 9.67 Å². The average molecular weight is 575 g/mol. The molecule has 34 heavy (non-hydrogen) atoms. The molecule has 1 fully saturated rings. The third kappa shape index (κ3) is 7.27. The van der Waals surface area contributed by atoms with Crippen LogP contribution in [0.4, 0.5) is 0 Å². The molecule has 2 aromatic carbocycles. The van der Waals surface area contributed by atoms with Crippen molar-refractivity contribution in [1.82, 2.24) is 25.0 Å². The molecule has 0 bridgehead atoms. The van der Waals surface area contributed by atoms with Crippen molar-refractivity contribution in [3.05, 3.63) is 72.3 Å². The fourth-order valence-electron chi connectivity index (χ4n) is 4.32. The normalized spacial score (nSPS) is 14.5. The molecule has 0 atom stereocenters. The summed E-state index contributed by atoms with van der Waals surface area (Å²) in [6.07, 6.45) is 6.82. The topological polar surface area (TPSA) is 67.6 Å². The second kappa shape index (κ2) is 13.4. The molecule has 0 amide bonds. The fourth-order valence-corrected chi connectivity index (χ4v) is 4.32. The van der Waals surface area contributed by atoms with Crippen molar-refractivity contribution in [2.45, 2.75) is 32.4 Å². The van der Waals surface area contributed by atoms with E-state index < -0.39 is 0 Å². The predicted molar refractivity (Wildman–Crippen MR) is 147 cm³/mol. The third-order valence-corrected chi connectivity index (χ3v) is 6.32. The van der Waals surface area contributed by atoms with E-state index in [0.29, 0.717) is 0 Å². The van der Waals surface area contributed by atoms with Crippen molar-refractivity contribution in [2.75, 3.05) is 33.9 Å². The van der Waals surface area contributed by atoms with E-state index in [1.165, 1.54) is 41.5 Å². The number of benzene rings is 2. The molecule has 0 radical (unpaired) electrons. The van der Waals surface area contributed by atoms with Gasteiger partial charge in [-0.2, -0.15) is 5.10 Å². The number of rotatable bonds is 8. The lowest BCUT2D eigenvalue weighted by atomic mass is 9.96. The summed E-state index contributed by atoms with van der Waals surface area (Å²) < 4.78 is 7.31. The highest BCUT2D eigenvalue weighted by atomic mass is 127. The van der Waals surface area contributed by atoms with Crippen LogP contribution in [0.3, 0.4) is 0 Å². The Morgan fingerprint density at radius 2 is 1.91 bits per heavy atom. The summed E-state index contributed by atoms with van der Waals surface area (Å²) in [5.74, 6) is 1.69. The highest BCUT2D eigenvalue weighted by Gasteiger charge is 2.15. The molecule has 0 spiro atoms. The Morgan fingerprint density at radius 1 is 1.15 bits per heavy atom. The monoisotopic (exact) mass is 574 g/mol. The van der Waals surface area contributed by atoms with Crippen molar-refractivity contribution >= 4 is 29.9 Å². The second-order valence-corrected chi connectivity index (χ2v) is 8.61. The van der Waals surface area contributed by atoms with Crippen LogP contribution in [0.1, 0.15) is 30.4 Å². The molecule has 8 heteroatoms. The first-order valence-corrected chi connectivity index (χ1v) is 11.7. The summed E-state index contributed by atoms with van der Waals surface area (Å²) in [5, 5.41) is 7.74. The van der Waals surface area contributed by atoms with E-state index in [1.807, 2.05) is 11.7 Å². The summed E-state index contributed by atoms with van der Waals surface area (Å²) >= 11 is 0. The maximum absolute atomic E-state index is 5.48. The molecule has 1 N–H and O–H groups in total. The number of hydrogen-bond acceptors (Lipinski definition) is 4. The average Bonchev–Trinajstić information content (AvgIpc) is 3.38. The van der Waals surface area contributed by atoms with Gasteiger partial charge in [-0.1, -0.05) is 48.5 Å². The van der Waals surface area contributed by atoms with Crippen LogP contribution < -0.4 is 5.32 Å². The maximum Gasteiger partial charge on any atom is 0.193 e. The molecule has 3 aromatic rings. The zero-order valence-corrected chi connectivity index (χ0v) is 22.4. The predicted octanol–water partition coefficient (Wildman–Crippen LogP) is 4.44. The number of nitrogens with zero attached hydrogens (tertiary/aromatic N) is 5. The fraction of sp³-hybridized carbons (Fsp3) is 0.423. The van der Waals surface area contributed by atoms with Gasteiger partial charge in [-0.05, 0) is 47.4 Å². The van der Waals surface area contributed by atoms with E-state index in [2.05, 4.69) is 80.9 Å². The second-order valence-electron chi connectivity index (χ2n) is 8.61. The SMILES string of the molecule is CN=C(NCc1ccccc1-c1ccc(Cn2cncn2)cc1)N(C)CCC1CCOCC1.I. The quantitative estimate of drug-likeness (QED) is 0.245. The summed E-state index contributed by atoms with van der Waals surface area (Å²) in [5.41, 5.74) is 4.89. The zero-order valence-electron chi connectivity index (χ0n) is 20.1. The van der Waals surface area contributed by atoms with Crippen molar-refractivity contribution in [3.63, 3.8) is 0 Å². The molecule has 7 nitrogen and oxygen atoms in total. The Hall–Kier alpha value is -2.46. The van der Waals surface area contributed by atoms with E-state index >= 15 is 0 Å². The molecular formula is C26H35IN6O. The highest BCUT2D eigenvalue weighted by Crippen LogP contribution is 2.24. The smallest absolute Gasteiger partial charge is 0.193 e. The molecule has 1 aliphatic rings. The Bertz CT molecular complexity index is 1020. The number of hydrogen-bond donors (Lipinski definition) is 1. The van der Waals surface area contributed by atoms with E-state index in [-0.39, 0.29) is 24.0 Å². The summed E-state index contributed by atoms with van der Waals surface area (Å²) in [7, 11) is 3.97. The lowest BCUT2D eigenvalue weighted by Crippen LogP contribution is -2.39. The molecule has 0 aliphatic carbocycles. The number of ether oxygens (including phenoxy) is 1. The van der Waals surface area contributed by atoms with Gasteiger partial charge in [0.2, 0.25) is 0 Å². The number of guanidine groups is 1.